The summed E-state index contributed by atoms with van der Waals surface area (Å²) in [6, 6.07) is 15.9. The lowest BCUT2D eigenvalue weighted by Crippen LogP contribution is -2.45. The number of aliphatic imine (C=N–C) groups is 1. The lowest BCUT2D eigenvalue weighted by atomic mass is 10.1. The molecular formula is C24H30N4O3. The number of nitrogens with zero attached hydrogens (tertiary/aromatic N) is 2. The van der Waals surface area contributed by atoms with E-state index in [1.54, 1.807) is 0 Å². The maximum atomic E-state index is 12.0. The van der Waals surface area contributed by atoms with Gasteiger partial charge in [0, 0.05) is 26.1 Å². The van der Waals surface area contributed by atoms with Crippen LogP contribution in [0.3, 0.4) is 0 Å². The van der Waals surface area contributed by atoms with E-state index >= 15 is 0 Å². The molecule has 164 valence electrons. The first-order valence-corrected chi connectivity index (χ1v) is 11.0. The maximum absolute atomic E-state index is 12.0. The highest BCUT2D eigenvalue weighted by Gasteiger charge is 2.22. The maximum Gasteiger partial charge on any atom is 0.222 e. The Kier molecular flexibility index (Phi) is 6.92. The molecule has 0 bridgehead atoms. The zero-order valence-electron chi connectivity index (χ0n) is 18.0. The Labute approximate surface area is 183 Å². The third-order valence-corrected chi connectivity index (χ3v) is 5.47. The van der Waals surface area contributed by atoms with E-state index in [0.717, 1.165) is 48.1 Å². The van der Waals surface area contributed by atoms with Gasteiger partial charge in [-0.3, -0.25) is 4.79 Å². The molecule has 2 aromatic rings. The van der Waals surface area contributed by atoms with Crippen LogP contribution in [-0.4, -0.2) is 49.1 Å². The van der Waals surface area contributed by atoms with Gasteiger partial charge in [-0.1, -0.05) is 36.4 Å². The second-order valence-electron chi connectivity index (χ2n) is 7.76. The molecule has 0 radical (unpaired) electrons. The molecule has 1 unspecified atom stereocenters. The Morgan fingerprint density at radius 3 is 2.65 bits per heavy atom. The molecule has 31 heavy (non-hydrogen) atoms. The molecule has 1 saturated heterocycles. The van der Waals surface area contributed by atoms with Gasteiger partial charge in [0.1, 0.15) is 12.7 Å². The zero-order chi connectivity index (χ0) is 21.5. The molecule has 0 aromatic heterocycles. The minimum Gasteiger partial charge on any atom is -0.486 e. The number of fused-ring (bicyclic) bond motifs is 1. The van der Waals surface area contributed by atoms with Crippen LogP contribution < -0.4 is 20.1 Å². The van der Waals surface area contributed by atoms with E-state index in [1.807, 2.05) is 48.2 Å². The van der Waals surface area contributed by atoms with Gasteiger partial charge in [-0.05, 0) is 36.6 Å². The second kappa shape index (κ2) is 10.2. The number of para-hydroxylation sites is 2. The van der Waals surface area contributed by atoms with Crippen LogP contribution in [-0.2, 0) is 17.9 Å². The summed E-state index contributed by atoms with van der Waals surface area (Å²) in [4.78, 5) is 18.7. The molecular weight excluding hydrogens is 392 g/mol. The van der Waals surface area contributed by atoms with Gasteiger partial charge in [-0.2, -0.15) is 0 Å². The van der Waals surface area contributed by atoms with Crippen LogP contribution in [0, 0.1) is 0 Å². The SMILES string of the molecule is CCNC(=NCc1ccccc1CN1CCCC1=O)NCC1COc2ccccc2O1. The van der Waals surface area contributed by atoms with E-state index < -0.39 is 0 Å². The van der Waals surface area contributed by atoms with Crippen molar-refractivity contribution in [1.29, 1.82) is 0 Å². The first kappa shape index (κ1) is 21.0. The third kappa shape index (κ3) is 5.48. The number of carbonyl (C=O) groups is 1. The molecule has 4 rings (SSSR count). The Hall–Kier alpha value is -3.22. The number of benzene rings is 2. The van der Waals surface area contributed by atoms with Crippen molar-refractivity contribution in [3.05, 3.63) is 59.7 Å². The standard InChI is InChI=1S/C24H30N4O3/c1-2-25-24(27-15-20-17-30-21-10-5-6-11-22(21)31-20)26-14-18-8-3-4-9-19(18)16-28-13-7-12-23(28)29/h3-6,8-11,20H,2,7,12-17H2,1H3,(H2,25,26,27). The largest absolute Gasteiger partial charge is 0.486 e. The molecule has 2 N–H and O–H groups in total. The van der Waals surface area contributed by atoms with Crippen LogP contribution in [0.5, 0.6) is 11.5 Å². The molecule has 2 aliphatic heterocycles. The number of rotatable bonds is 7. The molecule has 0 spiro atoms. The van der Waals surface area contributed by atoms with Gasteiger partial charge in [-0.15, -0.1) is 0 Å². The topological polar surface area (TPSA) is 75.2 Å². The monoisotopic (exact) mass is 422 g/mol. The van der Waals surface area contributed by atoms with Gasteiger partial charge in [0.05, 0.1) is 13.1 Å². The Morgan fingerprint density at radius 1 is 1.10 bits per heavy atom. The Balaban J connectivity index is 1.37. The van der Waals surface area contributed by atoms with Crippen LogP contribution in [0.25, 0.3) is 0 Å². The summed E-state index contributed by atoms with van der Waals surface area (Å²) >= 11 is 0. The molecule has 1 atom stereocenters. The van der Waals surface area contributed by atoms with E-state index in [9.17, 15) is 4.79 Å². The fourth-order valence-corrected chi connectivity index (χ4v) is 3.82. The summed E-state index contributed by atoms with van der Waals surface area (Å²) in [7, 11) is 0. The molecule has 2 aromatic carbocycles. The zero-order valence-corrected chi connectivity index (χ0v) is 18.0. The highest BCUT2D eigenvalue weighted by Crippen LogP contribution is 2.30. The number of amides is 1. The fraction of sp³-hybridized carbons (Fsp3) is 0.417. The Bertz CT molecular complexity index is 931. The lowest BCUT2D eigenvalue weighted by molar-refractivity contribution is -0.128. The molecule has 1 amide bonds. The van der Waals surface area contributed by atoms with Crippen LogP contribution in [0.1, 0.15) is 30.9 Å². The average Bonchev–Trinajstić information content (AvgIpc) is 3.20. The van der Waals surface area contributed by atoms with Gasteiger partial charge in [0.25, 0.3) is 0 Å². The second-order valence-corrected chi connectivity index (χ2v) is 7.76. The average molecular weight is 423 g/mol. The van der Waals surface area contributed by atoms with Crippen LogP contribution in [0.4, 0.5) is 0 Å². The number of likely N-dealkylation sites (tertiary alicyclic amines) is 1. The van der Waals surface area contributed by atoms with Crippen molar-refractivity contribution in [2.24, 2.45) is 4.99 Å². The number of ether oxygens (including phenoxy) is 2. The van der Waals surface area contributed by atoms with Gasteiger partial charge >= 0.3 is 0 Å². The van der Waals surface area contributed by atoms with Gasteiger partial charge < -0.3 is 25.0 Å². The van der Waals surface area contributed by atoms with Crippen molar-refractivity contribution < 1.29 is 14.3 Å². The summed E-state index contributed by atoms with van der Waals surface area (Å²) in [6.45, 7) is 5.92. The molecule has 2 heterocycles. The first-order chi connectivity index (χ1) is 15.2. The van der Waals surface area contributed by atoms with E-state index in [4.69, 9.17) is 14.5 Å². The normalized spacial score (nSPS) is 18.2. The summed E-state index contributed by atoms with van der Waals surface area (Å²) in [5, 5.41) is 6.65. The fourth-order valence-electron chi connectivity index (χ4n) is 3.82. The number of hydrogen-bond donors (Lipinski definition) is 2. The summed E-state index contributed by atoms with van der Waals surface area (Å²) in [5.74, 6) is 2.53. The Morgan fingerprint density at radius 2 is 1.87 bits per heavy atom. The number of guanidine groups is 1. The lowest BCUT2D eigenvalue weighted by Gasteiger charge is -2.27. The molecule has 1 fully saturated rings. The van der Waals surface area contributed by atoms with Gasteiger partial charge in [0.2, 0.25) is 5.91 Å². The van der Waals surface area contributed by atoms with E-state index in [-0.39, 0.29) is 12.0 Å². The van der Waals surface area contributed by atoms with Crippen LogP contribution in [0.2, 0.25) is 0 Å². The summed E-state index contributed by atoms with van der Waals surface area (Å²) in [5.41, 5.74) is 2.28. The van der Waals surface area contributed by atoms with Crippen molar-refractivity contribution >= 4 is 11.9 Å². The quantitative estimate of drug-likeness (QED) is 0.530. The highest BCUT2D eigenvalue weighted by molar-refractivity contribution is 5.80. The van der Waals surface area contributed by atoms with Crippen LogP contribution in [0.15, 0.2) is 53.5 Å². The minimum atomic E-state index is -0.0905. The van der Waals surface area contributed by atoms with Gasteiger partial charge in [-0.25, -0.2) is 4.99 Å². The van der Waals surface area contributed by atoms with E-state index in [2.05, 4.69) is 22.8 Å². The van der Waals surface area contributed by atoms with E-state index in [1.165, 1.54) is 0 Å². The minimum absolute atomic E-state index is 0.0905. The third-order valence-electron chi connectivity index (χ3n) is 5.47. The van der Waals surface area contributed by atoms with Crippen molar-refractivity contribution in [3.63, 3.8) is 0 Å². The van der Waals surface area contributed by atoms with Crippen molar-refractivity contribution in [2.45, 2.75) is 39.0 Å². The molecule has 0 saturated carbocycles. The van der Waals surface area contributed by atoms with Crippen molar-refractivity contribution in [2.75, 3.05) is 26.2 Å². The predicted octanol–water partition coefficient (Wildman–Crippen LogP) is 2.70. The predicted molar refractivity (Wildman–Crippen MR) is 120 cm³/mol. The number of carbonyl (C=O) groups excluding carboxylic acids is 1. The molecule has 7 heteroatoms. The first-order valence-electron chi connectivity index (χ1n) is 11.0. The van der Waals surface area contributed by atoms with Crippen molar-refractivity contribution in [1.82, 2.24) is 15.5 Å². The van der Waals surface area contributed by atoms with Gasteiger partial charge in [0.15, 0.2) is 17.5 Å². The molecule has 7 nitrogen and oxygen atoms in total. The number of nitrogens with one attached hydrogen (secondary N) is 2. The van der Waals surface area contributed by atoms with Crippen molar-refractivity contribution in [3.8, 4) is 11.5 Å². The number of hydrogen-bond acceptors (Lipinski definition) is 4. The molecule has 2 aliphatic rings. The summed E-state index contributed by atoms with van der Waals surface area (Å²) in [6.07, 6.45) is 1.52. The van der Waals surface area contributed by atoms with E-state index in [0.29, 0.717) is 32.7 Å². The summed E-state index contributed by atoms with van der Waals surface area (Å²) < 4.78 is 11.8. The highest BCUT2D eigenvalue weighted by atomic mass is 16.6. The smallest absolute Gasteiger partial charge is 0.222 e. The van der Waals surface area contributed by atoms with Crippen LogP contribution >= 0.6 is 0 Å². The molecule has 0 aliphatic carbocycles.